The fourth-order valence-electron chi connectivity index (χ4n) is 2.73. The second-order valence-corrected chi connectivity index (χ2v) is 5.68. The molecule has 25 heavy (non-hydrogen) atoms. The van der Waals surface area contributed by atoms with Gasteiger partial charge in [0.1, 0.15) is 18.8 Å². The SMILES string of the molecule is O=C(Cc1cc2ccccc2oc1=O)Nc1ccc2c(c1)OCCO2. The topological polar surface area (TPSA) is 77.8 Å². The van der Waals surface area contributed by atoms with Gasteiger partial charge in [-0.05, 0) is 24.3 Å². The van der Waals surface area contributed by atoms with Crippen LogP contribution in [-0.2, 0) is 11.2 Å². The van der Waals surface area contributed by atoms with Gasteiger partial charge in [-0.3, -0.25) is 4.79 Å². The maximum atomic E-state index is 12.3. The molecule has 4 rings (SSSR count). The molecule has 0 radical (unpaired) electrons. The molecule has 0 saturated heterocycles. The second kappa shape index (κ2) is 6.32. The highest BCUT2D eigenvalue weighted by Crippen LogP contribution is 2.32. The van der Waals surface area contributed by atoms with Crippen molar-refractivity contribution < 1.29 is 18.7 Å². The molecule has 0 spiro atoms. The summed E-state index contributed by atoms with van der Waals surface area (Å²) in [6, 6.07) is 14.1. The van der Waals surface area contributed by atoms with Crippen LogP contribution >= 0.6 is 0 Å². The van der Waals surface area contributed by atoms with Crippen LogP contribution in [-0.4, -0.2) is 19.1 Å². The number of fused-ring (bicyclic) bond motifs is 2. The molecule has 0 saturated carbocycles. The predicted molar refractivity (Wildman–Crippen MR) is 92.2 cm³/mol. The third kappa shape index (κ3) is 3.19. The van der Waals surface area contributed by atoms with E-state index in [4.69, 9.17) is 13.9 Å². The number of hydrogen-bond acceptors (Lipinski definition) is 5. The highest BCUT2D eigenvalue weighted by molar-refractivity contribution is 5.93. The summed E-state index contributed by atoms with van der Waals surface area (Å²) in [5.74, 6) is 0.938. The van der Waals surface area contributed by atoms with Gasteiger partial charge in [0, 0.05) is 22.7 Å². The Labute approximate surface area is 143 Å². The van der Waals surface area contributed by atoms with Crippen molar-refractivity contribution in [3.05, 3.63) is 64.5 Å². The van der Waals surface area contributed by atoms with Crippen molar-refractivity contribution in [3.63, 3.8) is 0 Å². The van der Waals surface area contributed by atoms with E-state index in [0.29, 0.717) is 41.5 Å². The zero-order valence-electron chi connectivity index (χ0n) is 13.3. The van der Waals surface area contributed by atoms with Crippen molar-refractivity contribution in [1.82, 2.24) is 0 Å². The van der Waals surface area contributed by atoms with Gasteiger partial charge in [0.15, 0.2) is 11.5 Å². The lowest BCUT2D eigenvalue weighted by molar-refractivity contribution is -0.115. The quantitative estimate of drug-likeness (QED) is 0.744. The highest BCUT2D eigenvalue weighted by Gasteiger charge is 2.14. The maximum Gasteiger partial charge on any atom is 0.339 e. The lowest BCUT2D eigenvalue weighted by Gasteiger charge is -2.19. The molecule has 6 heteroatoms. The first-order chi connectivity index (χ1) is 12.2. The fourth-order valence-corrected chi connectivity index (χ4v) is 2.73. The number of benzene rings is 2. The Morgan fingerprint density at radius 2 is 1.80 bits per heavy atom. The van der Waals surface area contributed by atoms with Gasteiger partial charge in [0.25, 0.3) is 0 Å². The van der Waals surface area contributed by atoms with E-state index in [1.807, 2.05) is 12.1 Å². The van der Waals surface area contributed by atoms with Crippen molar-refractivity contribution in [2.75, 3.05) is 18.5 Å². The average molecular weight is 337 g/mol. The van der Waals surface area contributed by atoms with E-state index in [1.165, 1.54) is 0 Å². The van der Waals surface area contributed by atoms with Crippen LogP contribution in [0, 0.1) is 0 Å². The van der Waals surface area contributed by atoms with E-state index in [0.717, 1.165) is 5.39 Å². The number of amides is 1. The van der Waals surface area contributed by atoms with E-state index in [2.05, 4.69) is 5.32 Å². The lowest BCUT2D eigenvalue weighted by atomic mass is 10.1. The minimum atomic E-state index is -0.504. The summed E-state index contributed by atoms with van der Waals surface area (Å²) in [6.45, 7) is 0.985. The fraction of sp³-hybridized carbons (Fsp3) is 0.158. The van der Waals surface area contributed by atoms with Gasteiger partial charge in [0.2, 0.25) is 5.91 Å². The summed E-state index contributed by atoms with van der Waals surface area (Å²) in [6.07, 6.45) is -0.0678. The molecule has 0 atom stereocenters. The molecule has 126 valence electrons. The monoisotopic (exact) mass is 337 g/mol. The normalized spacial score (nSPS) is 12.8. The molecule has 1 aromatic heterocycles. The summed E-state index contributed by atoms with van der Waals surface area (Å²) >= 11 is 0. The summed E-state index contributed by atoms with van der Waals surface area (Å²) in [5.41, 5.74) is 0.896. The molecule has 3 aromatic rings. The lowest BCUT2D eigenvalue weighted by Crippen LogP contribution is -2.20. The number of rotatable bonds is 3. The number of carbonyl (C=O) groups excluding carboxylic acids is 1. The first-order valence-electron chi connectivity index (χ1n) is 7.90. The van der Waals surface area contributed by atoms with E-state index in [-0.39, 0.29) is 12.3 Å². The minimum Gasteiger partial charge on any atom is -0.486 e. The van der Waals surface area contributed by atoms with Crippen LogP contribution in [0.3, 0.4) is 0 Å². The third-order valence-corrected chi connectivity index (χ3v) is 3.89. The van der Waals surface area contributed by atoms with E-state index < -0.39 is 5.63 Å². The molecular formula is C19H15NO5. The Balaban J connectivity index is 1.52. The van der Waals surface area contributed by atoms with Crippen LogP contribution in [0.15, 0.2) is 57.7 Å². The largest absolute Gasteiger partial charge is 0.486 e. The van der Waals surface area contributed by atoms with Gasteiger partial charge in [-0.25, -0.2) is 4.79 Å². The summed E-state index contributed by atoms with van der Waals surface area (Å²) in [7, 11) is 0. The molecule has 1 N–H and O–H groups in total. The summed E-state index contributed by atoms with van der Waals surface area (Å²) < 4.78 is 16.2. The average Bonchev–Trinajstić information content (AvgIpc) is 2.62. The molecule has 1 aliphatic rings. The van der Waals surface area contributed by atoms with Crippen LogP contribution in [0.2, 0.25) is 0 Å². The van der Waals surface area contributed by atoms with Crippen molar-refractivity contribution in [2.45, 2.75) is 6.42 Å². The number of para-hydroxylation sites is 1. The van der Waals surface area contributed by atoms with Crippen molar-refractivity contribution in [2.24, 2.45) is 0 Å². The molecular weight excluding hydrogens is 322 g/mol. The smallest absolute Gasteiger partial charge is 0.339 e. The van der Waals surface area contributed by atoms with E-state index in [1.54, 1.807) is 36.4 Å². The van der Waals surface area contributed by atoms with E-state index in [9.17, 15) is 9.59 Å². The van der Waals surface area contributed by atoms with Crippen LogP contribution < -0.4 is 20.4 Å². The molecule has 0 bridgehead atoms. The predicted octanol–water partition coefficient (Wildman–Crippen LogP) is 2.75. The molecule has 1 amide bonds. The Kier molecular flexibility index (Phi) is 3.85. The van der Waals surface area contributed by atoms with Gasteiger partial charge in [-0.1, -0.05) is 18.2 Å². The van der Waals surface area contributed by atoms with Gasteiger partial charge in [-0.2, -0.15) is 0 Å². The van der Waals surface area contributed by atoms with Gasteiger partial charge in [0.05, 0.1) is 6.42 Å². The Morgan fingerprint density at radius 3 is 2.68 bits per heavy atom. The zero-order chi connectivity index (χ0) is 17.2. The molecule has 2 aromatic carbocycles. The second-order valence-electron chi connectivity index (χ2n) is 5.68. The van der Waals surface area contributed by atoms with Crippen LogP contribution in [0.25, 0.3) is 11.0 Å². The first-order valence-corrected chi connectivity index (χ1v) is 7.90. The van der Waals surface area contributed by atoms with Gasteiger partial charge in [-0.15, -0.1) is 0 Å². The molecule has 0 unspecified atom stereocenters. The zero-order valence-corrected chi connectivity index (χ0v) is 13.3. The molecule has 2 heterocycles. The number of nitrogens with one attached hydrogen (secondary N) is 1. The van der Waals surface area contributed by atoms with Crippen LogP contribution in [0.4, 0.5) is 5.69 Å². The molecule has 0 aliphatic carbocycles. The number of anilines is 1. The van der Waals surface area contributed by atoms with Gasteiger partial charge >= 0.3 is 5.63 Å². The molecule has 1 aliphatic heterocycles. The van der Waals surface area contributed by atoms with Crippen LogP contribution in [0.5, 0.6) is 11.5 Å². The minimum absolute atomic E-state index is 0.0678. The number of hydrogen-bond donors (Lipinski definition) is 1. The van der Waals surface area contributed by atoms with Gasteiger partial charge < -0.3 is 19.2 Å². The number of carbonyl (C=O) groups is 1. The summed E-state index contributed by atoms with van der Waals surface area (Å²) in [5, 5.41) is 3.54. The Hall–Kier alpha value is -3.28. The summed E-state index contributed by atoms with van der Waals surface area (Å²) in [4.78, 5) is 24.3. The highest BCUT2D eigenvalue weighted by atomic mass is 16.6. The van der Waals surface area contributed by atoms with Crippen molar-refractivity contribution in [1.29, 1.82) is 0 Å². The Morgan fingerprint density at radius 1 is 1.00 bits per heavy atom. The van der Waals surface area contributed by atoms with E-state index >= 15 is 0 Å². The molecule has 0 fully saturated rings. The molecule has 6 nitrogen and oxygen atoms in total. The first kappa shape index (κ1) is 15.3. The maximum absolute atomic E-state index is 12.3. The standard InChI is InChI=1S/C19H15NO5/c21-18(20-14-5-6-16-17(11-14)24-8-7-23-16)10-13-9-12-3-1-2-4-15(12)25-19(13)22/h1-6,9,11H,7-8,10H2,(H,20,21). The van der Waals surface area contributed by atoms with Crippen molar-refractivity contribution in [3.8, 4) is 11.5 Å². The Bertz CT molecular complexity index is 1010. The number of ether oxygens (including phenoxy) is 2. The van der Waals surface area contributed by atoms with Crippen LogP contribution in [0.1, 0.15) is 5.56 Å². The third-order valence-electron chi connectivity index (χ3n) is 3.89. The van der Waals surface area contributed by atoms with Crippen molar-refractivity contribution >= 4 is 22.6 Å².